The molecule has 41 heavy (non-hydrogen) atoms. The van der Waals surface area contributed by atoms with Gasteiger partial charge in [-0.1, -0.05) is 12.1 Å². The molecule has 0 radical (unpaired) electrons. The molecule has 0 saturated carbocycles. The molecule has 4 heterocycles. The molecule has 4 aromatic rings. The molecule has 2 aromatic heterocycles. The molecule has 10 heteroatoms. The first-order valence-electron chi connectivity index (χ1n) is 13.8. The maximum absolute atomic E-state index is 13.6. The van der Waals surface area contributed by atoms with E-state index in [2.05, 4.69) is 27.6 Å². The maximum Gasteiger partial charge on any atom is 0.331 e. The minimum atomic E-state index is -0.331. The van der Waals surface area contributed by atoms with Gasteiger partial charge in [0, 0.05) is 18.8 Å². The predicted molar refractivity (Wildman–Crippen MR) is 162 cm³/mol. The average Bonchev–Trinajstić information content (AvgIpc) is 3.30. The lowest BCUT2D eigenvalue weighted by molar-refractivity contribution is 0.0917. The topological polar surface area (TPSA) is 96.0 Å². The highest BCUT2D eigenvalue weighted by Crippen LogP contribution is 2.46. The van der Waals surface area contributed by atoms with Crippen LogP contribution in [0.2, 0.25) is 0 Å². The second-order valence-corrected chi connectivity index (χ2v) is 11.8. The monoisotopic (exact) mass is 571 g/mol. The number of para-hydroxylation sites is 2. The molecule has 0 spiro atoms. The Kier molecular flexibility index (Phi) is 7.27. The van der Waals surface area contributed by atoms with Crippen LogP contribution < -0.4 is 25.0 Å². The van der Waals surface area contributed by atoms with Crippen LogP contribution >= 0.6 is 11.3 Å². The molecule has 2 aliphatic heterocycles. The first kappa shape index (κ1) is 27.0. The molecule has 2 aliphatic rings. The van der Waals surface area contributed by atoms with Gasteiger partial charge < -0.3 is 25.0 Å². The Balaban J connectivity index is 1.30. The number of likely N-dealkylation sites (N-methyl/N-ethyl adjacent to an activating group) is 1. The highest BCUT2D eigenvalue weighted by atomic mass is 32.1. The van der Waals surface area contributed by atoms with Crippen molar-refractivity contribution in [3.05, 3.63) is 65.2 Å². The predicted octanol–water partition coefficient (Wildman–Crippen LogP) is 6.69. The minimum absolute atomic E-state index is 0.0150. The molecule has 0 aliphatic carbocycles. The van der Waals surface area contributed by atoms with Gasteiger partial charge in [0.25, 0.3) is 5.91 Å². The van der Waals surface area contributed by atoms with Crippen LogP contribution in [0.5, 0.6) is 17.2 Å². The third-order valence-corrected chi connectivity index (χ3v) is 8.36. The Morgan fingerprint density at radius 1 is 1.15 bits per heavy atom. The number of anilines is 3. The first-order chi connectivity index (χ1) is 19.8. The number of nitrogens with zero attached hydrogens (tertiary/aromatic N) is 3. The normalized spacial score (nSPS) is 17.0. The number of thiophene rings is 1. The van der Waals surface area contributed by atoms with Gasteiger partial charge in [0.1, 0.15) is 15.5 Å². The van der Waals surface area contributed by atoms with Crippen LogP contribution in [-0.4, -0.2) is 54.1 Å². The van der Waals surface area contributed by atoms with Gasteiger partial charge in [-0.25, -0.2) is 9.78 Å². The van der Waals surface area contributed by atoms with Crippen molar-refractivity contribution in [2.45, 2.75) is 45.8 Å². The number of piperidine rings is 1. The van der Waals surface area contributed by atoms with E-state index in [1.165, 1.54) is 11.3 Å². The lowest BCUT2D eigenvalue weighted by Crippen LogP contribution is -2.46. The van der Waals surface area contributed by atoms with Crippen molar-refractivity contribution in [3.8, 4) is 17.2 Å². The SMILES string of the molecule is Cc1cc(Oc2ccccc2OC(C)C)ccc1N1C(=O)Nc2c(C(=O)N[C@@H]3CCCN(C)C3)sc3nccc1c23. The number of aryl methyl sites for hydroxylation is 1. The highest BCUT2D eigenvalue weighted by molar-refractivity contribution is 7.21. The van der Waals surface area contributed by atoms with Crippen molar-refractivity contribution < 1.29 is 19.1 Å². The summed E-state index contributed by atoms with van der Waals surface area (Å²) in [6.45, 7) is 7.73. The number of ether oxygens (including phenoxy) is 2. The number of carbonyl (C=O) groups excluding carboxylic acids is 2. The molecule has 1 fully saturated rings. The quantitative estimate of drug-likeness (QED) is 0.257. The lowest BCUT2D eigenvalue weighted by atomic mass is 10.1. The number of pyridine rings is 1. The van der Waals surface area contributed by atoms with Gasteiger partial charge in [-0.05, 0) is 89.2 Å². The molecule has 1 atom stereocenters. The van der Waals surface area contributed by atoms with Crippen molar-refractivity contribution >= 4 is 50.6 Å². The van der Waals surface area contributed by atoms with Gasteiger partial charge in [-0.2, -0.15) is 0 Å². The summed E-state index contributed by atoms with van der Waals surface area (Å²) in [5.74, 6) is 1.74. The van der Waals surface area contributed by atoms with Gasteiger partial charge in [0.05, 0.1) is 28.6 Å². The van der Waals surface area contributed by atoms with Crippen LogP contribution in [0.15, 0.2) is 54.7 Å². The van der Waals surface area contributed by atoms with E-state index >= 15 is 0 Å². The molecular weight excluding hydrogens is 538 g/mol. The third-order valence-electron chi connectivity index (χ3n) is 7.26. The number of hydrogen-bond donors (Lipinski definition) is 2. The number of urea groups is 1. The molecule has 3 amide bonds. The number of rotatable bonds is 7. The van der Waals surface area contributed by atoms with E-state index in [-0.39, 0.29) is 24.1 Å². The Labute approximate surface area is 243 Å². The summed E-state index contributed by atoms with van der Waals surface area (Å²) in [5.41, 5.74) is 2.77. The van der Waals surface area contributed by atoms with Crippen LogP contribution in [-0.2, 0) is 0 Å². The Bertz CT molecular complexity index is 1630. The van der Waals surface area contributed by atoms with Crippen molar-refractivity contribution in [2.75, 3.05) is 30.4 Å². The molecule has 0 unspecified atom stereocenters. The summed E-state index contributed by atoms with van der Waals surface area (Å²) in [6, 6.07) is 14.7. The maximum atomic E-state index is 13.6. The van der Waals surface area contributed by atoms with E-state index in [1.54, 1.807) is 11.1 Å². The van der Waals surface area contributed by atoms with Crippen LogP contribution in [0.1, 0.15) is 41.9 Å². The van der Waals surface area contributed by atoms with Crippen molar-refractivity contribution in [1.82, 2.24) is 15.2 Å². The lowest BCUT2D eigenvalue weighted by Gasteiger charge is -2.31. The average molecular weight is 572 g/mol. The number of likely N-dealkylation sites (tertiary alicyclic amines) is 1. The summed E-state index contributed by atoms with van der Waals surface area (Å²) in [6.07, 6.45) is 3.68. The Morgan fingerprint density at radius 3 is 2.71 bits per heavy atom. The van der Waals surface area contributed by atoms with E-state index in [0.717, 1.165) is 36.9 Å². The standard InChI is InChI=1S/C31H33N5O4S/c1-18(2)39-24-9-5-6-10-25(24)40-21-11-12-22(19(3)16-21)36-23-13-14-32-30-26(23)27(34-31(36)38)28(41-30)29(37)33-20-8-7-15-35(4)17-20/h5-6,9-14,16,18,20H,7-8,15,17H2,1-4H3,(H,33,37)(H,34,38)/t20-/m1/s1. The Hall–Kier alpha value is -4.15. The van der Waals surface area contributed by atoms with Crippen molar-refractivity contribution in [3.63, 3.8) is 0 Å². The van der Waals surface area contributed by atoms with Gasteiger partial charge in [-0.15, -0.1) is 11.3 Å². The number of amides is 3. The molecule has 212 valence electrons. The molecule has 0 bridgehead atoms. The largest absolute Gasteiger partial charge is 0.487 e. The van der Waals surface area contributed by atoms with Crippen molar-refractivity contribution in [2.24, 2.45) is 0 Å². The second kappa shape index (κ2) is 11.0. The van der Waals surface area contributed by atoms with E-state index in [1.807, 2.05) is 69.3 Å². The zero-order valence-electron chi connectivity index (χ0n) is 23.6. The number of nitrogens with one attached hydrogen (secondary N) is 2. The molecule has 2 N–H and O–H groups in total. The van der Waals surface area contributed by atoms with Gasteiger partial charge in [0.15, 0.2) is 11.5 Å². The zero-order chi connectivity index (χ0) is 28.7. The smallest absolute Gasteiger partial charge is 0.331 e. The second-order valence-electron chi connectivity index (χ2n) is 10.8. The summed E-state index contributed by atoms with van der Waals surface area (Å²) < 4.78 is 12.1. The van der Waals surface area contributed by atoms with E-state index in [4.69, 9.17) is 9.47 Å². The van der Waals surface area contributed by atoms with Gasteiger partial charge >= 0.3 is 6.03 Å². The van der Waals surface area contributed by atoms with Crippen LogP contribution in [0.25, 0.3) is 10.2 Å². The zero-order valence-corrected chi connectivity index (χ0v) is 24.4. The van der Waals surface area contributed by atoms with Crippen LogP contribution in [0.4, 0.5) is 21.9 Å². The fourth-order valence-corrected chi connectivity index (χ4v) is 6.50. The molecular formula is C31H33N5O4S. The fraction of sp³-hybridized carbons (Fsp3) is 0.323. The van der Waals surface area contributed by atoms with Gasteiger partial charge in [0.2, 0.25) is 0 Å². The van der Waals surface area contributed by atoms with Gasteiger partial charge in [-0.3, -0.25) is 9.69 Å². The van der Waals surface area contributed by atoms with E-state index < -0.39 is 0 Å². The molecule has 9 nitrogen and oxygen atoms in total. The number of carbonyl (C=O) groups is 2. The first-order valence-corrected chi connectivity index (χ1v) is 14.7. The summed E-state index contributed by atoms with van der Waals surface area (Å²) in [7, 11) is 2.06. The van der Waals surface area contributed by atoms with Crippen LogP contribution in [0.3, 0.4) is 0 Å². The molecule has 2 aromatic carbocycles. The van der Waals surface area contributed by atoms with Crippen molar-refractivity contribution in [1.29, 1.82) is 0 Å². The number of aromatic nitrogens is 1. The summed E-state index contributed by atoms with van der Waals surface area (Å²) in [5, 5.41) is 6.93. The van der Waals surface area contributed by atoms with E-state index in [0.29, 0.717) is 44.0 Å². The number of benzene rings is 2. The number of hydrogen-bond acceptors (Lipinski definition) is 7. The third kappa shape index (κ3) is 5.32. The molecule has 1 saturated heterocycles. The van der Waals surface area contributed by atoms with E-state index in [9.17, 15) is 9.59 Å². The summed E-state index contributed by atoms with van der Waals surface area (Å²) in [4.78, 5) is 36.5. The minimum Gasteiger partial charge on any atom is -0.487 e. The summed E-state index contributed by atoms with van der Waals surface area (Å²) >= 11 is 1.30. The highest BCUT2D eigenvalue weighted by Gasteiger charge is 2.34. The van der Waals surface area contributed by atoms with Crippen LogP contribution in [0, 0.1) is 6.92 Å². The molecule has 6 rings (SSSR count). The fourth-order valence-electron chi connectivity index (χ4n) is 5.47. The Morgan fingerprint density at radius 2 is 1.95 bits per heavy atom.